The molecular formula is C31H31N2O6VY-3. The van der Waals surface area contributed by atoms with Gasteiger partial charge in [-0.15, -0.1) is 0 Å². The summed E-state index contributed by atoms with van der Waals surface area (Å²) >= 11 is 0. The van der Waals surface area contributed by atoms with E-state index in [0.717, 1.165) is 10.5 Å². The largest absolute Gasteiger partial charge is 0.587 e. The molecule has 2 radical (unpaired) electrons. The molecule has 0 unspecified atom stereocenters. The van der Waals surface area contributed by atoms with Gasteiger partial charge >= 0.3 is 5.97 Å². The van der Waals surface area contributed by atoms with Crippen LogP contribution in [0.4, 0.5) is 0 Å². The number of esters is 1. The van der Waals surface area contributed by atoms with Gasteiger partial charge in [-0.1, -0.05) is 66.7 Å². The van der Waals surface area contributed by atoms with Crippen molar-refractivity contribution in [2.24, 2.45) is 0 Å². The van der Waals surface area contributed by atoms with Crippen LogP contribution in [0, 0.1) is 14.9 Å². The third kappa shape index (κ3) is 11.0. The number of fused-ring (bicyclic) bond motifs is 2. The van der Waals surface area contributed by atoms with Crippen molar-refractivity contribution in [3.05, 3.63) is 133 Å². The molecule has 41 heavy (non-hydrogen) atoms. The molecular weight excluding hydrogens is 636 g/mol. The van der Waals surface area contributed by atoms with Crippen LogP contribution < -0.4 is 0 Å². The molecule has 3 aromatic rings. The van der Waals surface area contributed by atoms with Crippen molar-refractivity contribution in [1.82, 2.24) is 4.90 Å². The number of nitrogens with zero attached hydrogens (tertiary/aromatic N) is 2. The molecule has 3 aromatic carbocycles. The minimum Gasteiger partial charge on any atom is -0.587 e. The van der Waals surface area contributed by atoms with Crippen LogP contribution in [0.3, 0.4) is 0 Å². The molecule has 5 rings (SSSR count). The van der Waals surface area contributed by atoms with Crippen LogP contribution in [-0.4, -0.2) is 47.6 Å². The Bertz CT molecular complexity index is 1310. The number of amides is 4. The van der Waals surface area contributed by atoms with Crippen LogP contribution >= 0.6 is 0 Å². The summed E-state index contributed by atoms with van der Waals surface area (Å²) in [6.45, 7) is 3.66. The fourth-order valence-corrected chi connectivity index (χ4v) is 3.38. The predicted molar refractivity (Wildman–Crippen MR) is 151 cm³/mol. The Balaban J connectivity index is 0. The number of imide groups is 2. The van der Waals surface area contributed by atoms with Crippen LogP contribution in [0.25, 0.3) is 11.4 Å². The molecule has 2 aliphatic heterocycles. The van der Waals surface area contributed by atoms with E-state index in [9.17, 15) is 24.0 Å². The second-order valence-electron chi connectivity index (χ2n) is 8.21. The summed E-state index contributed by atoms with van der Waals surface area (Å²) in [5.74, 6) is -1.58. The van der Waals surface area contributed by atoms with E-state index in [0.29, 0.717) is 22.3 Å². The number of carbonyl (C=O) groups is 5. The van der Waals surface area contributed by atoms with Crippen molar-refractivity contribution in [3.8, 4) is 0 Å². The first kappa shape index (κ1) is 40.0. The van der Waals surface area contributed by atoms with E-state index in [1.165, 1.54) is 13.1 Å². The van der Waals surface area contributed by atoms with Crippen molar-refractivity contribution in [2.45, 2.75) is 20.0 Å². The Hall–Kier alpha value is -3.16. The zero-order valence-electron chi connectivity index (χ0n) is 23.6. The molecule has 10 heteroatoms. The average Bonchev–Trinajstić information content (AvgIpc) is 3.31. The monoisotopic (exact) mass is 667 g/mol. The summed E-state index contributed by atoms with van der Waals surface area (Å²) in [5.41, 5.74) is 2.83. The molecule has 0 atom stereocenters. The standard InChI is InChI=1S/C12H14O2.C9H7NO2.C8H5NO2.2CH3.V.Y/c1-10(2)14-12(13)9-8-11-6-4-3-5-7-11;1-10-8(11)6-4-2-3-5-7(6)9(10)12;10-7-5-3-1-2-4-6(5)8(11)9-7;;;;/h3-10H,1-2H3;2-5H,1H3;1-4H,(H,9,10,11);2*1H3;;/q;;;2*-1;;/p-1/b9-8+;;;;;;. The normalized spacial score (nSPS) is 12.0. The average molecular weight is 667 g/mol. The molecule has 0 bridgehead atoms. The van der Waals surface area contributed by atoms with Gasteiger partial charge in [0.15, 0.2) is 0 Å². The molecule has 0 saturated heterocycles. The maximum atomic E-state index is 11.3. The SMILES string of the molecule is CC(C)OC(=O)/C=C/c1ccccc1.CN1C(=O)c2ccccc2C1=O.O=C1[N-]C(=O)c2ccccc21.[CH3-].[CH3-].[V].[Y]. The zero-order valence-corrected chi connectivity index (χ0v) is 27.8. The second kappa shape index (κ2) is 19.0. The van der Waals surface area contributed by atoms with Gasteiger partial charge in [0.25, 0.3) is 11.8 Å². The summed E-state index contributed by atoms with van der Waals surface area (Å²) in [6, 6.07) is 23.1. The fourth-order valence-electron chi connectivity index (χ4n) is 3.38. The van der Waals surface area contributed by atoms with Crippen LogP contribution in [0.2, 0.25) is 0 Å². The minimum atomic E-state index is -0.425. The van der Waals surface area contributed by atoms with E-state index in [-0.39, 0.29) is 90.0 Å². The molecule has 2 aliphatic rings. The summed E-state index contributed by atoms with van der Waals surface area (Å²) < 4.78 is 4.95. The van der Waals surface area contributed by atoms with Crippen LogP contribution in [-0.2, 0) is 60.8 Å². The first-order valence-corrected chi connectivity index (χ1v) is 11.4. The molecule has 0 aliphatic carbocycles. The van der Waals surface area contributed by atoms with Gasteiger partial charge < -0.3 is 34.5 Å². The van der Waals surface area contributed by atoms with Crippen molar-refractivity contribution in [1.29, 1.82) is 0 Å². The maximum Gasteiger partial charge on any atom is 0.331 e. The predicted octanol–water partition coefficient (Wildman–Crippen LogP) is 5.81. The summed E-state index contributed by atoms with van der Waals surface area (Å²) in [4.78, 5) is 56.6. The second-order valence-corrected chi connectivity index (χ2v) is 8.21. The van der Waals surface area contributed by atoms with Crippen molar-refractivity contribution < 1.29 is 80.0 Å². The Kier molecular flexibility index (Phi) is 18.6. The molecule has 2 heterocycles. The van der Waals surface area contributed by atoms with Gasteiger partial charge in [0, 0.05) is 75.5 Å². The Labute approximate surface area is 278 Å². The Morgan fingerprint density at radius 1 is 0.732 bits per heavy atom. The number of carbonyl (C=O) groups excluding carboxylic acids is 5. The number of hydrogen-bond donors (Lipinski definition) is 0. The number of ether oxygens (including phenoxy) is 1. The molecule has 8 nitrogen and oxygen atoms in total. The Morgan fingerprint density at radius 3 is 1.54 bits per heavy atom. The molecule has 0 aromatic heterocycles. The summed E-state index contributed by atoms with van der Waals surface area (Å²) in [7, 11) is 1.49. The minimum absolute atomic E-state index is 0. The van der Waals surface area contributed by atoms with E-state index in [1.807, 2.05) is 44.2 Å². The quantitative estimate of drug-likeness (QED) is 0.151. The molecule has 0 saturated carbocycles. The van der Waals surface area contributed by atoms with Crippen LogP contribution in [0.1, 0.15) is 60.8 Å². The van der Waals surface area contributed by atoms with Gasteiger partial charge in [-0.25, -0.2) is 4.79 Å². The molecule has 4 amide bonds. The van der Waals surface area contributed by atoms with Gasteiger partial charge in [0.2, 0.25) is 0 Å². The Morgan fingerprint density at radius 2 is 1.12 bits per heavy atom. The van der Waals surface area contributed by atoms with Gasteiger partial charge in [-0.05, 0) is 37.6 Å². The van der Waals surface area contributed by atoms with E-state index in [2.05, 4.69) is 5.32 Å². The van der Waals surface area contributed by atoms with E-state index in [4.69, 9.17) is 4.74 Å². The third-order valence-corrected chi connectivity index (χ3v) is 5.15. The number of hydrogen-bond acceptors (Lipinski definition) is 6. The third-order valence-electron chi connectivity index (χ3n) is 5.15. The van der Waals surface area contributed by atoms with Crippen molar-refractivity contribution in [2.75, 3.05) is 7.05 Å². The zero-order chi connectivity index (χ0) is 26.9. The van der Waals surface area contributed by atoms with Gasteiger partial charge in [-0.3, -0.25) is 14.5 Å². The summed E-state index contributed by atoms with van der Waals surface area (Å²) in [5, 5.41) is 3.28. The van der Waals surface area contributed by atoms with Gasteiger partial charge in [-0.2, -0.15) is 0 Å². The fraction of sp³-hybridized carbons (Fsp3) is 0.129. The van der Waals surface area contributed by atoms with Crippen LogP contribution in [0.5, 0.6) is 0 Å². The van der Waals surface area contributed by atoms with Crippen molar-refractivity contribution in [3.63, 3.8) is 0 Å². The number of benzene rings is 3. The summed E-state index contributed by atoms with van der Waals surface area (Å²) in [6.07, 6.45) is 3.11. The number of rotatable bonds is 3. The van der Waals surface area contributed by atoms with Gasteiger partial charge in [0.05, 0.1) is 29.0 Å². The maximum absolute atomic E-state index is 11.3. The topological polar surface area (TPSA) is 112 Å². The molecule has 0 fully saturated rings. The molecule has 0 spiro atoms. The van der Waals surface area contributed by atoms with E-state index in [1.54, 1.807) is 54.6 Å². The molecule has 212 valence electrons. The van der Waals surface area contributed by atoms with E-state index >= 15 is 0 Å². The van der Waals surface area contributed by atoms with Crippen LogP contribution in [0.15, 0.2) is 84.9 Å². The van der Waals surface area contributed by atoms with Gasteiger partial charge in [0.1, 0.15) is 0 Å². The first-order valence-electron chi connectivity index (χ1n) is 11.4. The van der Waals surface area contributed by atoms with Crippen molar-refractivity contribution >= 4 is 35.7 Å². The smallest absolute Gasteiger partial charge is 0.331 e. The first-order chi connectivity index (χ1) is 17.7. The molecule has 0 N–H and O–H groups in total. The van der Waals surface area contributed by atoms with E-state index < -0.39 is 11.8 Å².